The van der Waals surface area contributed by atoms with E-state index in [9.17, 15) is 4.79 Å². The Kier molecular flexibility index (Phi) is 4.97. The molecule has 0 fully saturated rings. The predicted molar refractivity (Wildman–Crippen MR) is 101 cm³/mol. The maximum Gasteiger partial charge on any atom is 0.227 e. The van der Waals surface area contributed by atoms with Gasteiger partial charge in [0.05, 0.1) is 19.6 Å². The fraction of sp³-hybridized carbons (Fsp3) is 0.476. The molecule has 4 rings (SSSR count). The van der Waals surface area contributed by atoms with Crippen molar-refractivity contribution >= 4 is 5.91 Å². The smallest absolute Gasteiger partial charge is 0.227 e. The first-order valence-corrected chi connectivity index (χ1v) is 9.56. The number of benzene rings is 1. The molecule has 1 atom stereocenters. The SMILES string of the molecule is COc1ccc2c(c1)C[C@H](C(=O)NCc1nc(C)c3c(n1)CCCC3)CO2. The second-order valence-corrected chi connectivity index (χ2v) is 7.26. The predicted octanol–water partition coefficient (Wildman–Crippen LogP) is 2.54. The summed E-state index contributed by atoms with van der Waals surface area (Å²) in [7, 11) is 1.64. The molecule has 0 bridgehead atoms. The molecular formula is C21H25N3O3. The van der Waals surface area contributed by atoms with Crippen LogP contribution >= 0.6 is 0 Å². The van der Waals surface area contributed by atoms with Crippen LogP contribution in [0.1, 0.15) is 41.2 Å². The first-order chi connectivity index (χ1) is 13.1. The highest BCUT2D eigenvalue weighted by Crippen LogP contribution is 2.30. The number of ether oxygens (including phenoxy) is 2. The summed E-state index contributed by atoms with van der Waals surface area (Å²) in [6.07, 6.45) is 5.10. The Balaban J connectivity index is 1.40. The van der Waals surface area contributed by atoms with Crippen molar-refractivity contribution in [3.05, 3.63) is 46.5 Å². The van der Waals surface area contributed by atoms with Crippen LogP contribution in [0.15, 0.2) is 18.2 Å². The van der Waals surface area contributed by atoms with Gasteiger partial charge >= 0.3 is 0 Å². The van der Waals surface area contributed by atoms with Crippen LogP contribution in [-0.4, -0.2) is 29.6 Å². The molecule has 1 aromatic carbocycles. The van der Waals surface area contributed by atoms with Crippen LogP contribution < -0.4 is 14.8 Å². The van der Waals surface area contributed by atoms with E-state index in [1.54, 1.807) is 7.11 Å². The number of amides is 1. The Labute approximate surface area is 159 Å². The molecule has 1 aliphatic carbocycles. The molecule has 6 heteroatoms. The standard InChI is InChI=1S/C21H25N3O3/c1-13-17-5-3-4-6-18(17)24-20(23-13)11-22-21(25)15-9-14-10-16(26-2)7-8-19(14)27-12-15/h7-8,10,15H,3-6,9,11-12H2,1-2H3,(H,22,25)/t15-/m0/s1. The van der Waals surface area contributed by atoms with Crippen molar-refractivity contribution in [2.45, 2.75) is 45.6 Å². The van der Waals surface area contributed by atoms with Gasteiger partial charge in [-0.2, -0.15) is 0 Å². The van der Waals surface area contributed by atoms with E-state index < -0.39 is 0 Å². The van der Waals surface area contributed by atoms with Crippen LogP contribution in [0, 0.1) is 12.8 Å². The number of aryl methyl sites for hydroxylation is 2. The van der Waals surface area contributed by atoms with E-state index >= 15 is 0 Å². The highest BCUT2D eigenvalue weighted by molar-refractivity contribution is 5.79. The van der Waals surface area contributed by atoms with Gasteiger partial charge in [0.1, 0.15) is 23.9 Å². The molecule has 1 aliphatic heterocycles. The third-order valence-corrected chi connectivity index (χ3v) is 5.40. The van der Waals surface area contributed by atoms with E-state index in [1.807, 2.05) is 25.1 Å². The van der Waals surface area contributed by atoms with Gasteiger partial charge in [0.25, 0.3) is 0 Å². The molecule has 27 heavy (non-hydrogen) atoms. The molecule has 2 aliphatic rings. The molecule has 1 amide bonds. The molecule has 2 heterocycles. The first-order valence-electron chi connectivity index (χ1n) is 9.56. The number of hydrogen-bond acceptors (Lipinski definition) is 5. The monoisotopic (exact) mass is 367 g/mol. The maximum absolute atomic E-state index is 12.6. The molecule has 6 nitrogen and oxygen atoms in total. The molecule has 2 aromatic rings. The Bertz CT molecular complexity index is 866. The molecule has 1 aromatic heterocycles. The van der Waals surface area contributed by atoms with Gasteiger partial charge < -0.3 is 14.8 Å². The van der Waals surface area contributed by atoms with Gasteiger partial charge in [-0.3, -0.25) is 4.79 Å². The summed E-state index contributed by atoms with van der Waals surface area (Å²) in [6, 6.07) is 5.70. The second kappa shape index (κ2) is 7.55. The third-order valence-electron chi connectivity index (χ3n) is 5.40. The van der Waals surface area contributed by atoms with Gasteiger partial charge in [-0.15, -0.1) is 0 Å². The quantitative estimate of drug-likeness (QED) is 0.899. The van der Waals surface area contributed by atoms with Crippen LogP contribution in [-0.2, 0) is 30.6 Å². The van der Waals surface area contributed by atoms with E-state index in [0.29, 0.717) is 25.4 Å². The summed E-state index contributed by atoms with van der Waals surface area (Å²) in [5, 5.41) is 2.99. The molecule has 0 spiro atoms. The summed E-state index contributed by atoms with van der Waals surface area (Å²) in [5.41, 5.74) is 4.50. The third kappa shape index (κ3) is 3.75. The molecule has 0 saturated heterocycles. The summed E-state index contributed by atoms with van der Waals surface area (Å²) in [5.74, 6) is 2.05. The molecule has 1 N–H and O–H groups in total. The van der Waals surface area contributed by atoms with Crippen LogP contribution in [0.4, 0.5) is 0 Å². The minimum Gasteiger partial charge on any atom is -0.497 e. The van der Waals surface area contributed by atoms with Gasteiger partial charge in [-0.05, 0) is 68.4 Å². The lowest BCUT2D eigenvalue weighted by Gasteiger charge is -2.25. The summed E-state index contributed by atoms with van der Waals surface area (Å²) in [6.45, 7) is 2.78. The van der Waals surface area contributed by atoms with E-state index in [4.69, 9.17) is 9.47 Å². The normalized spacial score (nSPS) is 18.1. The minimum atomic E-state index is -0.219. The van der Waals surface area contributed by atoms with Crippen LogP contribution in [0.3, 0.4) is 0 Å². The number of carbonyl (C=O) groups excluding carboxylic acids is 1. The van der Waals surface area contributed by atoms with Crippen molar-refractivity contribution in [2.24, 2.45) is 5.92 Å². The molecule has 0 saturated carbocycles. The van der Waals surface area contributed by atoms with Crippen molar-refractivity contribution in [3.63, 3.8) is 0 Å². The van der Waals surface area contributed by atoms with Gasteiger partial charge in [-0.25, -0.2) is 9.97 Å². The summed E-state index contributed by atoms with van der Waals surface area (Å²) < 4.78 is 11.0. The number of nitrogens with zero attached hydrogens (tertiary/aromatic N) is 2. The summed E-state index contributed by atoms with van der Waals surface area (Å²) >= 11 is 0. The highest BCUT2D eigenvalue weighted by Gasteiger charge is 2.26. The number of nitrogens with one attached hydrogen (secondary N) is 1. The number of rotatable bonds is 4. The zero-order valence-corrected chi connectivity index (χ0v) is 15.9. The van der Waals surface area contributed by atoms with E-state index in [-0.39, 0.29) is 11.8 Å². The average molecular weight is 367 g/mol. The number of hydrogen-bond donors (Lipinski definition) is 1. The van der Waals surface area contributed by atoms with E-state index in [0.717, 1.165) is 41.3 Å². The first kappa shape index (κ1) is 17.8. The Morgan fingerprint density at radius 3 is 3.00 bits per heavy atom. The van der Waals surface area contributed by atoms with Crippen LogP contribution in [0.2, 0.25) is 0 Å². The van der Waals surface area contributed by atoms with Gasteiger partial charge in [0, 0.05) is 11.4 Å². The zero-order valence-electron chi connectivity index (χ0n) is 15.9. The lowest BCUT2D eigenvalue weighted by Crippen LogP contribution is -2.37. The Hall–Kier alpha value is -2.63. The Morgan fingerprint density at radius 2 is 2.15 bits per heavy atom. The zero-order chi connectivity index (χ0) is 18.8. The molecule has 142 valence electrons. The lowest BCUT2D eigenvalue weighted by atomic mass is 9.95. The molecular weight excluding hydrogens is 342 g/mol. The number of aromatic nitrogens is 2. The second-order valence-electron chi connectivity index (χ2n) is 7.26. The van der Waals surface area contributed by atoms with E-state index in [2.05, 4.69) is 15.3 Å². The minimum absolute atomic E-state index is 0.0255. The van der Waals surface area contributed by atoms with Crippen molar-refractivity contribution in [1.29, 1.82) is 0 Å². The fourth-order valence-electron chi connectivity index (χ4n) is 3.90. The lowest BCUT2D eigenvalue weighted by molar-refractivity contribution is -0.126. The topological polar surface area (TPSA) is 73.3 Å². The largest absolute Gasteiger partial charge is 0.497 e. The molecule has 0 radical (unpaired) electrons. The van der Waals surface area contributed by atoms with Crippen LogP contribution in [0.5, 0.6) is 11.5 Å². The van der Waals surface area contributed by atoms with Gasteiger partial charge in [-0.1, -0.05) is 0 Å². The van der Waals surface area contributed by atoms with Gasteiger partial charge in [0.2, 0.25) is 5.91 Å². The number of carbonyl (C=O) groups is 1. The van der Waals surface area contributed by atoms with Crippen molar-refractivity contribution in [1.82, 2.24) is 15.3 Å². The number of methoxy groups -OCH3 is 1. The van der Waals surface area contributed by atoms with Crippen molar-refractivity contribution < 1.29 is 14.3 Å². The molecule has 0 unspecified atom stereocenters. The fourth-order valence-corrected chi connectivity index (χ4v) is 3.90. The average Bonchev–Trinajstić information content (AvgIpc) is 2.71. The van der Waals surface area contributed by atoms with Crippen molar-refractivity contribution in [3.8, 4) is 11.5 Å². The van der Waals surface area contributed by atoms with Crippen molar-refractivity contribution in [2.75, 3.05) is 13.7 Å². The number of fused-ring (bicyclic) bond motifs is 2. The van der Waals surface area contributed by atoms with Gasteiger partial charge in [0.15, 0.2) is 0 Å². The Morgan fingerprint density at radius 1 is 1.30 bits per heavy atom. The van der Waals surface area contributed by atoms with Crippen LogP contribution in [0.25, 0.3) is 0 Å². The maximum atomic E-state index is 12.6. The van der Waals surface area contributed by atoms with E-state index in [1.165, 1.54) is 18.4 Å². The summed E-state index contributed by atoms with van der Waals surface area (Å²) in [4.78, 5) is 21.9. The highest BCUT2D eigenvalue weighted by atomic mass is 16.5.